The number of anilines is 1. The third-order valence-corrected chi connectivity index (χ3v) is 4.59. The average Bonchev–Trinajstić information content (AvgIpc) is 2.99. The Bertz CT molecular complexity index is 562. The van der Waals surface area contributed by atoms with Gasteiger partial charge in [-0.15, -0.1) is 12.4 Å². The van der Waals surface area contributed by atoms with Crippen LogP contribution in [-0.4, -0.2) is 34.8 Å². The number of aliphatic imine (C=N–C) groups is 1. The summed E-state index contributed by atoms with van der Waals surface area (Å²) in [5.41, 5.74) is 2.04. The predicted molar refractivity (Wildman–Crippen MR) is 91.4 cm³/mol. The monoisotopic (exact) mass is 325 g/mol. The number of hydrogen-bond donors (Lipinski definition) is 1. The molecule has 0 radical (unpaired) electrons. The highest BCUT2D eigenvalue weighted by molar-refractivity contribution is 8.14. The Labute approximate surface area is 135 Å². The van der Waals surface area contributed by atoms with Crippen molar-refractivity contribution < 1.29 is 4.79 Å². The Morgan fingerprint density at radius 2 is 2.29 bits per heavy atom. The van der Waals surface area contributed by atoms with Crippen molar-refractivity contribution in [3.05, 3.63) is 29.8 Å². The lowest BCUT2D eigenvalue weighted by atomic mass is 10.1. The number of amides is 1. The van der Waals surface area contributed by atoms with E-state index in [1.807, 2.05) is 43.8 Å². The maximum atomic E-state index is 11.8. The number of rotatable bonds is 3. The molecule has 114 valence electrons. The molecule has 2 aliphatic rings. The van der Waals surface area contributed by atoms with Gasteiger partial charge in [0.15, 0.2) is 5.17 Å². The first-order chi connectivity index (χ1) is 9.63. The number of nitrogens with one attached hydrogen (secondary N) is 1. The molecule has 1 fully saturated rings. The number of hydrogen-bond acceptors (Lipinski definition) is 4. The zero-order valence-corrected chi connectivity index (χ0v) is 13.8. The number of amidine groups is 1. The van der Waals surface area contributed by atoms with E-state index < -0.39 is 0 Å². The average molecular weight is 326 g/mol. The van der Waals surface area contributed by atoms with E-state index in [-0.39, 0.29) is 30.3 Å². The van der Waals surface area contributed by atoms with E-state index >= 15 is 0 Å². The van der Waals surface area contributed by atoms with Crippen LogP contribution >= 0.6 is 24.2 Å². The van der Waals surface area contributed by atoms with Crippen molar-refractivity contribution in [2.75, 3.05) is 24.2 Å². The summed E-state index contributed by atoms with van der Waals surface area (Å²) in [5.74, 6) is 1.19. The molecular formula is C15H20ClN3OS. The Balaban J connectivity index is 0.00000161. The van der Waals surface area contributed by atoms with Crippen molar-refractivity contribution in [2.24, 2.45) is 10.9 Å². The molecule has 1 atom stereocenters. The molecule has 4 nitrogen and oxygen atoms in total. The Morgan fingerprint density at radius 1 is 1.48 bits per heavy atom. The molecule has 2 heterocycles. The van der Waals surface area contributed by atoms with Gasteiger partial charge in [-0.3, -0.25) is 9.79 Å². The van der Waals surface area contributed by atoms with Crippen LogP contribution in [0, 0.1) is 5.92 Å². The first kappa shape index (κ1) is 16.2. The minimum absolute atomic E-state index is 0. The molecule has 0 saturated carbocycles. The standard InChI is InChI=1S/C15H19N3OS.ClH/c1-10(2)14(19)16-12-5-3-4-11(8-12)13-9-18-6-7-20-15(18)17-13;/h3-5,8,10,13H,6-7,9H2,1-2H3,(H,16,19);1H/t13-;/m1./s1. The number of carbonyl (C=O) groups excluding carboxylic acids is 1. The van der Waals surface area contributed by atoms with Crippen LogP contribution in [0.2, 0.25) is 0 Å². The maximum Gasteiger partial charge on any atom is 0.226 e. The van der Waals surface area contributed by atoms with Crippen molar-refractivity contribution in [3.8, 4) is 0 Å². The lowest BCUT2D eigenvalue weighted by Crippen LogP contribution is -2.22. The van der Waals surface area contributed by atoms with Crippen LogP contribution in [0.25, 0.3) is 0 Å². The predicted octanol–water partition coefficient (Wildman–Crippen LogP) is 3.16. The molecule has 0 spiro atoms. The smallest absolute Gasteiger partial charge is 0.226 e. The molecule has 1 aromatic carbocycles. The molecule has 3 rings (SSSR count). The van der Waals surface area contributed by atoms with Gasteiger partial charge in [0.2, 0.25) is 5.91 Å². The number of thioether (sulfide) groups is 1. The SMILES string of the molecule is CC(C)C(=O)Nc1cccc([C@H]2CN3CCSC3=N2)c1.Cl. The zero-order valence-electron chi connectivity index (χ0n) is 12.2. The zero-order chi connectivity index (χ0) is 14.1. The lowest BCUT2D eigenvalue weighted by Gasteiger charge is -2.14. The van der Waals surface area contributed by atoms with Crippen LogP contribution in [0.15, 0.2) is 29.3 Å². The molecule has 1 amide bonds. The van der Waals surface area contributed by atoms with Crippen molar-refractivity contribution in [2.45, 2.75) is 19.9 Å². The molecule has 21 heavy (non-hydrogen) atoms. The first-order valence-corrected chi connectivity index (χ1v) is 7.98. The van der Waals surface area contributed by atoms with Gasteiger partial charge in [-0.2, -0.15) is 0 Å². The van der Waals surface area contributed by atoms with Crippen molar-refractivity contribution >= 4 is 40.9 Å². The molecular weight excluding hydrogens is 306 g/mol. The Morgan fingerprint density at radius 3 is 3.00 bits per heavy atom. The van der Waals surface area contributed by atoms with Crippen molar-refractivity contribution in [1.82, 2.24) is 4.90 Å². The van der Waals surface area contributed by atoms with Crippen molar-refractivity contribution in [3.63, 3.8) is 0 Å². The van der Waals surface area contributed by atoms with Gasteiger partial charge in [0.1, 0.15) is 0 Å². The fraction of sp³-hybridized carbons (Fsp3) is 0.467. The highest BCUT2D eigenvalue weighted by atomic mass is 35.5. The van der Waals surface area contributed by atoms with E-state index in [0.29, 0.717) is 0 Å². The molecule has 6 heteroatoms. The van der Waals surface area contributed by atoms with Crippen LogP contribution < -0.4 is 5.32 Å². The number of fused-ring (bicyclic) bond motifs is 1. The van der Waals surface area contributed by atoms with Gasteiger partial charge in [0.25, 0.3) is 0 Å². The molecule has 0 aromatic heterocycles. The van der Waals surface area contributed by atoms with Crippen LogP contribution in [0.1, 0.15) is 25.5 Å². The van der Waals surface area contributed by atoms with Gasteiger partial charge in [-0.1, -0.05) is 37.7 Å². The van der Waals surface area contributed by atoms with E-state index in [4.69, 9.17) is 4.99 Å². The van der Waals surface area contributed by atoms with Gasteiger partial charge in [0.05, 0.1) is 6.04 Å². The second kappa shape index (κ2) is 6.71. The molecule has 0 aliphatic carbocycles. The third kappa shape index (κ3) is 3.52. The minimum atomic E-state index is -0.00718. The Kier molecular flexibility index (Phi) is 5.17. The lowest BCUT2D eigenvalue weighted by molar-refractivity contribution is -0.118. The van der Waals surface area contributed by atoms with E-state index in [1.165, 1.54) is 10.7 Å². The quantitative estimate of drug-likeness (QED) is 0.928. The van der Waals surface area contributed by atoms with Crippen LogP contribution in [0.3, 0.4) is 0 Å². The Hall–Kier alpha value is -1.20. The van der Waals surface area contributed by atoms with E-state index in [1.54, 1.807) is 0 Å². The third-order valence-electron chi connectivity index (χ3n) is 3.59. The van der Waals surface area contributed by atoms with Gasteiger partial charge < -0.3 is 10.2 Å². The summed E-state index contributed by atoms with van der Waals surface area (Å²) in [6, 6.07) is 8.26. The summed E-state index contributed by atoms with van der Waals surface area (Å²) < 4.78 is 0. The molecule has 1 aromatic rings. The van der Waals surface area contributed by atoms with Gasteiger partial charge in [0, 0.05) is 30.4 Å². The van der Waals surface area contributed by atoms with Gasteiger partial charge in [-0.05, 0) is 17.7 Å². The highest BCUT2D eigenvalue weighted by Crippen LogP contribution is 2.33. The number of nitrogens with zero attached hydrogens (tertiary/aromatic N) is 2. The largest absolute Gasteiger partial charge is 0.348 e. The second-order valence-corrected chi connectivity index (χ2v) is 6.55. The summed E-state index contributed by atoms with van der Waals surface area (Å²) in [6.45, 7) is 5.86. The van der Waals surface area contributed by atoms with Crippen LogP contribution in [0.4, 0.5) is 5.69 Å². The molecule has 0 bridgehead atoms. The molecule has 2 aliphatic heterocycles. The first-order valence-electron chi connectivity index (χ1n) is 7.00. The summed E-state index contributed by atoms with van der Waals surface area (Å²) in [6.07, 6.45) is 0. The number of halogens is 1. The van der Waals surface area contributed by atoms with E-state index in [2.05, 4.69) is 16.3 Å². The highest BCUT2D eigenvalue weighted by Gasteiger charge is 2.30. The molecule has 0 unspecified atom stereocenters. The van der Waals surface area contributed by atoms with Gasteiger partial charge in [-0.25, -0.2) is 0 Å². The molecule has 1 saturated heterocycles. The fourth-order valence-electron chi connectivity index (χ4n) is 2.40. The second-order valence-electron chi connectivity index (χ2n) is 5.49. The number of carbonyl (C=O) groups is 1. The summed E-state index contributed by atoms with van der Waals surface area (Å²) >= 11 is 1.84. The summed E-state index contributed by atoms with van der Waals surface area (Å²) in [4.78, 5) is 18.9. The van der Waals surface area contributed by atoms with Crippen LogP contribution in [0.5, 0.6) is 0 Å². The van der Waals surface area contributed by atoms with Crippen molar-refractivity contribution in [1.29, 1.82) is 0 Å². The minimum Gasteiger partial charge on any atom is -0.348 e. The molecule has 1 N–H and O–H groups in total. The van der Waals surface area contributed by atoms with E-state index in [9.17, 15) is 4.79 Å². The fourth-order valence-corrected chi connectivity index (χ4v) is 3.44. The number of benzene rings is 1. The van der Waals surface area contributed by atoms with E-state index in [0.717, 1.165) is 24.5 Å². The normalized spacial score (nSPS) is 20.0. The van der Waals surface area contributed by atoms with Gasteiger partial charge >= 0.3 is 0 Å². The maximum absolute atomic E-state index is 11.8. The summed E-state index contributed by atoms with van der Waals surface area (Å²) in [7, 11) is 0. The van der Waals surface area contributed by atoms with Crippen LogP contribution in [-0.2, 0) is 4.79 Å². The summed E-state index contributed by atoms with van der Waals surface area (Å²) in [5, 5.41) is 4.12. The topological polar surface area (TPSA) is 44.7 Å².